The molecular formula is C11H23N. The summed E-state index contributed by atoms with van der Waals surface area (Å²) in [7, 11) is 0. The van der Waals surface area contributed by atoms with E-state index >= 15 is 0 Å². The van der Waals surface area contributed by atoms with Gasteiger partial charge in [-0.3, -0.25) is 0 Å². The Hall–Kier alpha value is -0.0400. The van der Waals surface area contributed by atoms with E-state index in [4.69, 9.17) is 0 Å². The van der Waals surface area contributed by atoms with E-state index in [0.717, 1.165) is 17.9 Å². The predicted molar refractivity (Wildman–Crippen MR) is 54.2 cm³/mol. The molecule has 0 aromatic carbocycles. The quantitative estimate of drug-likeness (QED) is 0.670. The Kier molecular flexibility index (Phi) is 3.57. The van der Waals surface area contributed by atoms with E-state index in [0.29, 0.717) is 6.04 Å². The molecule has 1 nitrogen and oxygen atoms in total. The molecule has 1 aliphatic carbocycles. The van der Waals surface area contributed by atoms with Crippen LogP contribution in [0.2, 0.25) is 0 Å². The van der Waals surface area contributed by atoms with Gasteiger partial charge in [0.1, 0.15) is 0 Å². The predicted octanol–water partition coefficient (Wildman–Crippen LogP) is 2.81. The number of nitrogens with one attached hydrogen (secondary N) is 1. The van der Waals surface area contributed by atoms with E-state index in [1.165, 1.54) is 19.3 Å². The van der Waals surface area contributed by atoms with Crippen LogP contribution >= 0.6 is 0 Å². The first kappa shape index (κ1) is 10.0. The molecule has 0 spiro atoms. The molecule has 0 saturated heterocycles. The van der Waals surface area contributed by atoms with Crippen molar-refractivity contribution in [2.24, 2.45) is 11.8 Å². The molecule has 1 fully saturated rings. The topological polar surface area (TPSA) is 12.0 Å². The van der Waals surface area contributed by atoms with Crippen LogP contribution in [-0.4, -0.2) is 12.1 Å². The highest BCUT2D eigenvalue weighted by Crippen LogP contribution is 2.29. The van der Waals surface area contributed by atoms with Crippen LogP contribution in [0.5, 0.6) is 0 Å². The third kappa shape index (κ3) is 2.78. The maximum Gasteiger partial charge on any atom is 0.00721 e. The van der Waals surface area contributed by atoms with E-state index in [1.807, 2.05) is 0 Å². The summed E-state index contributed by atoms with van der Waals surface area (Å²) in [6.07, 6.45) is 4.16. The minimum absolute atomic E-state index is 0.649. The zero-order valence-electron chi connectivity index (χ0n) is 8.93. The monoisotopic (exact) mass is 169 g/mol. The summed E-state index contributed by atoms with van der Waals surface area (Å²) in [4.78, 5) is 0. The molecule has 1 rings (SSSR count). The SMILES string of the molecule is CC(C)NC1CCC(C)C(C)C1. The maximum absolute atomic E-state index is 3.63. The van der Waals surface area contributed by atoms with E-state index in [-0.39, 0.29) is 0 Å². The lowest BCUT2D eigenvalue weighted by molar-refractivity contribution is 0.219. The fourth-order valence-corrected chi connectivity index (χ4v) is 2.17. The molecule has 72 valence electrons. The molecule has 0 heterocycles. The second-order valence-electron chi connectivity index (χ2n) is 4.79. The Morgan fingerprint density at radius 3 is 2.25 bits per heavy atom. The molecule has 1 heteroatoms. The standard InChI is InChI=1S/C11H23N/c1-8(2)12-11-6-5-9(3)10(4)7-11/h8-12H,5-7H2,1-4H3. The first-order valence-corrected chi connectivity index (χ1v) is 5.35. The smallest absolute Gasteiger partial charge is 0.00721 e. The van der Waals surface area contributed by atoms with Crippen LogP contribution in [0.1, 0.15) is 47.0 Å². The highest BCUT2D eigenvalue weighted by molar-refractivity contribution is 4.80. The summed E-state index contributed by atoms with van der Waals surface area (Å²) in [6.45, 7) is 9.25. The van der Waals surface area contributed by atoms with Crippen LogP contribution in [0.3, 0.4) is 0 Å². The van der Waals surface area contributed by atoms with Crippen molar-refractivity contribution in [3.8, 4) is 0 Å². The van der Waals surface area contributed by atoms with Gasteiger partial charge in [0.25, 0.3) is 0 Å². The maximum atomic E-state index is 3.63. The van der Waals surface area contributed by atoms with Gasteiger partial charge in [0.15, 0.2) is 0 Å². The van der Waals surface area contributed by atoms with Crippen LogP contribution in [0.4, 0.5) is 0 Å². The van der Waals surface area contributed by atoms with E-state index < -0.39 is 0 Å². The van der Waals surface area contributed by atoms with Crippen molar-refractivity contribution in [1.82, 2.24) is 5.32 Å². The van der Waals surface area contributed by atoms with Crippen molar-refractivity contribution in [3.63, 3.8) is 0 Å². The zero-order valence-corrected chi connectivity index (χ0v) is 8.93. The van der Waals surface area contributed by atoms with Crippen LogP contribution in [-0.2, 0) is 0 Å². The first-order valence-electron chi connectivity index (χ1n) is 5.35. The highest BCUT2D eigenvalue weighted by atomic mass is 14.9. The largest absolute Gasteiger partial charge is 0.312 e. The fourth-order valence-electron chi connectivity index (χ4n) is 2.17. The van der Waals surface area contributed by atoms with Gasteiger partial charge in [-0.1, -0.05) is 27.7 Å². The van der Waals surface area contributed by atoms with E-state index in [2.05, 4.69) is 33.0 Å². The molecule has 1 N–H and O–H groups in total. The van der Waals surface area contributed by atoms with Gasteiger partial charge in [0.2, 0.25) is 0 Å². The molecule has 0 aromatic rings. The highest BCUT2D eigenvalue weighted by Gasteiger charge is 2.24. The Labute approximate surface area is 76.9 Å². The minimum atomic E-state index is 0.649. The Morgan fingerprint density at radius 1 is 1.08 bits per heavy atom. The fraction of sp³-hybridized carbons (Fsp3) is 1.00. The van der Waals surface area contributed by atoms with Crippen molar-refractivity contribution in [3.05, 3.63) is 0 Å². The third-order valence-corrected chi connectivity index (χ3v) is 3.17. The summed E-state index contributed by atoms with van der Waals surface area (Å²) in [6, 6.07) is 1.44. The molecule has 3 unspecified atom stereocenters. The van der Waals surface area contributed by atoms with Gasteiger partial charge < -0.3 is 5.32 Å². The van der Waals surface area contributed by atoms with Gasteiger partial charge in [-0.15, -0.1) is 0 Å². The molecule has 0 radical (unpaired) electrons. The van der Waals surface area contributed by atoms with Gasteiger partial charge in [-0.25, -0.2) is 0 Å². The van der Waals surface area contributed by atoms with Gasteiger partial charge in [0.05, 0.1) is 0 Å². The average Bonchev–Trinajstić information content (AvgIpc) is 1.96. The molecule has 0 bridgehead atoms. The van der Waals surface area contributed by atoms with Gasteiger partial charge in [-0.05, 0) is 31.1 Å². The molecule has 0 aliphatic heterocycles. The van der Waals surface area contributed by atoms with Crippen LogP contribution in [0.25, 0.3) is 0 Å². The van der Waals surface area contributed by atoms with Crippen LogP contribution in [0.15, 0.2) is 0 Å². The van der Waals surface area contributed by atoms with Crippen molar-refractivity contribution in [1.29, 1.82) is 0 Å². The van der Waals surface area contributed by atoms with Gasteiger partial charge in [0, 0.05) is 12.1 Å². The van der Waals surface area contributed by atoms with Gasteiger partial charge in [-0.2, -0.15) is 0 Å². The average molecular weight is 169 g/mol. The number of hydrogen-bond acceptors (Lipinski definition) is 1. The van der Waals surface area contributed by atoms with Crippen LogP contribution < -0.4 is 5.32 Å². The molecule has 12 heavy (non-hydrogen) atoms. The minimum Gasteiger partial charge on any atom is -0.312 e. The van der Waals surface area contributed by atoms with E-state index in [1.54, 1.807) is 0 Å². The zero-order chi connectivity index (χ0) is 9.14. The lowest BCUT2D eigenvalue weighted by Gasteiger charge is -2.33. The summed E-state index contributed by atoms with van der Waals surface area (Å²) in [5.74, 6) is 1.85. The first-order chi connectivity index (χ1) is 5.59. The van der Waals surface area contributed by atoms with Crippen molar-refractivity contribution in [2.75, 3.05) is 0 Å². The van der Waals surface area contributed by atoms with Crippen molar-refractivity contribution >= 4 is 0 Å². The number of rotatable bonds is 2. The Morgan fingerprint density at radius 2 is 1.75 bits per heavy atom. The Balaban J connectivity index is 2.30. The second kappa shape index (κ2) is 4.27. The molecule has 0 amide bonds. The summed E-state index contributed by atoms with van der Waals surface area (Å²) in [5.41, 5.74) is 0. The molecule has 1 saturated carbocycles. The van der Waals surface area contributed by atoms with Gasteiger partial charge >= 0.3 is 0 Å². The summed E-state index contributed by atoms with van der Waals surface area (Å²) >= 11 is 0. The Bertz CT molecular complexity index is 131. The van der Waals surface area contributed by atoms with Crippen molar-refractivity contribution in [2.45, 2.75) is 59.0 Å². The number of hydrogen-bond donors (Lipinski definition) is 1. The third-order valence-electron chi connectivity index (χ3n) is 3.17. The summed E-state index contributed by atoms with van der Waals surface area (Å²) < 4.78 is 0. The summed E-state index contributed by atoms with van der Waals surface area (Å²) in [5, 5.41) is 3.63. The molecule has 0 aromatic heterocycles. The van der Waals surface area contributed by atoms with Crippen LogP contribution in [0, 0.1) is 11.8 Å². The van der Waals surface area contributed by atoms with E-state index in [9.17, 15) is 0 Å². The molecule has 1 aliphatic rings. The molecular weight excluding hydrogens is 146 g/mol. The normalized spacial score (nSPS) is 37.2. The molecule has 3 atom stereocenters. The lowest BCUT2D eigenvalue weighted by Crippen LogP contribution is -2.39. The second-order valence-corrected chi connectivity index (χ2v) is 4.79. The lowest BCUT2D eigenvalue weighted by atomic mass is 9.79. The van der Waals surface area contributed by atoms with Crippen molar-refractivity contribution < 1.29 is 0 Å².